The molecule has 0 bridgehead atoms. The van der Waals surface area contributed by atoms with Gasteiger partial charge in [-0.1, -0.05) is 11.6 Å². The fourth-order valence-corrected chi connectivity index (χ4v) is 2.27. The predicted octanol–water partition coefficient (Wildman–Crippen LogP) is 2.99. The van der Waals surface area contributed by atoms with Crippen molar-refractivity contribution in [1.82, 2.24) is 10.2 Å². The molecule has 1 heterocycles. The largest absolute Gasteiger partial charge is 0.494 e. The zero-order valence-corrected chi connectivity index (χ0v) is 9.11. The van der Waals surface area contributed by atoms with E-state index in [1.165, 1.54) is 0 Å². The first-order chi connectivity index (χ1) is 6.24. The van der Waals surface area contributed by atoms with Crippen LogP contribution in [0.5, 0.6) is 5.75 Å². The van der Waals surface area contributed by atoms with E-state index in [9.17, 15) is 0 Å². The Balaban J connectivity index is 2.85. The summed E-state index contributed by atoms with van der Waals surface area (Å²) in [6.07, 6.45) is 1.72. The molecule has 0 aliphatic heterocycles. The second kappa shape index (κ2) is 3.20. The monoisotopic (exact) mass is 260 g/mol. The highest BCUT2D eigenvalue weighted by Crippen LogP contribution is 2.38. The Bertz CT molecular complexity index is 455. The van der Waals surface area contributed by atoms with Gasteiger partial charge in [-0.05, 0) is 22.0 Å². The Hall–Kier alpha value is -0.740. The quantitative estimate of drug-likeness (QED) is 0.857. The van der Waals surface area contributed by atoms with Crippen molar-refractivity contribution in [1.29, 1.82) is 0 Å². The van der Waals surface area contributed by atoms with E-state index >= 15 is 0 Å². The molecule has 5 heteroatoms. The van der Waals surface area contributed by atoms with Gasteiger partial charge in [-0.25, -0.2) is 0 Å². The number of nitrogens with zero attached hydrogens (tertiary/aromatic N) is 1. The molecule has 0 saturated carbocycles. The van der Waals surface area contributed by atoms with Gasteiger partial charge in [0.25, 0.3) is 0 Å². The van der Waals surface area contributed by atoms with Crippen molar-refractivity contribution in [2.45, 2.75) is 0 Å². The van der Waals surface area contributed by atoms with Gasteiger partial charge in [0.05, 0.1) is 28.3 Å². The smallest absolute Gasteiger partial charge is 0.152 e. The predicted molar refractivity (Wildman–Crippen MR) is 55.4 cm³/mol. The van der Waals surface area contributed by atoms with Gasteiger partial charge in [0.15, 0.2) is 5.75 Å². The first-order valence-corrected chi connectivity index (χ1v) is 4.76. The van der Waals surface area contributed by atoms with Crippen molar-refractivity contribution in [3.05, 3.63) is 21.8 Å². The summed E-state index contributed by atoms with van der Waals surface area (Å²) in [7, 11) is 1.58. The van der Waals surface area contributed by atoms with Gasteiger partial charge in [-0.2, -0.15) is 5.10 Å². The first-order valence-electron chi connectivity index (χ1n) is 3.59. The van der Waals surface area contributed by atoms with Crippen LogP contribution in [0.25, 0.3) is 10.9 Å². The molecule has 1 N–H and O–H groups in total. The van der Waals surface area contributed by atoms with E-state index in [1.54, 1.807) is 19.4 Å². The maximum absolute atomic E-state index is 5.96. The number of halogens is 2. The zero-order chi connectivity index (χ0) is 9.42. The lowest BCUT2D eigenvalue weighted by Gasteiger charge is -2.05. The van der Waals surface area contributed by atoms with E-state index < -0.39 is 0 Å². The number of benzene rings is 1. The van der Waals surface area contributed by atoms with Gasteiger partial charge in [0.1, 0.15) is 0 Å². The van der Waals surface area contributed by atoms with Crippen LogP contribution in [0, 0.1) is 0 Å². The van der Waals surface area contributed by atoms with Gasteiger partial charge in [0.2, 0.25) is 0 Å². The van der Waals surface area contributed by atoms with Crippen molar-refractivity contribution < 1.29 is 4.74 Å². The lowest BCUT2D eigenvalue weighted by atomic mass is 10.2. The third kappa shape index (κ3) is 1.30. The minimum atomic E-state index is 0.561. The van der Waals surface area contributed by atoms with Crippen LogP contribution in [0.2, 0.25) is 5.02 Å². The Morgan fingerprint density at radius 3 is 3.08 bits per heavy atom. The Morgan fingerprint density at radius 1 is 1.62 bits per heavy atom. The molecule has 0 aliphatic rings. The summed E-state index contributed by atoms with van der Waals surface area (Å²) in [4.78, 5) is 0. The summed E-state index contributed by atoms with van der Waals surface area (Å²) in [5.41, 5.74) is 0.887. The number of rotatable bonds is 1. The van der Waals surface area contributed by atoms with Crippen molar-refractivity contribution >= 4 is 38.4 Å². The molecule has 0 saturated heterocycles. The molecular weight excluding hydrogens is 255 g/mol. The van der Waals surface area contributed by atoms with Crippen LogP contribution in [0.15, 0.2) is 16.7 Å². The number of nitrogens with one attached hydrogen (secondary N) is 1. The van der Waals surface area contributed by atoms with Gasteiger partial charge >= 0.3 is 0 Å². The number of ether oxygens (including phenoxy) is 1. The maximum atomic E-state index is 5.96. The topological polar surface area (TPSA) is 37.9 Å². The van der Waals surface area contributed by atoms with Crippen LogP contribution < -0.4 is 4.74 Å². The second-order valence-corrected chi connectivity index (χ2v) is 3.74. The molecule has 68 valence electrons. The van der Waals surface area contributed by atoms with E-state index in [0.717, 1.165) is 15.4 Å². The lowest BCUT2D eigenvalue weighted by molar-refractivity contribution is 0.413. The van der Waals surface area contributed by atoms with Crippen molar-refractivity contribution in [2.75, 3.05) is 7.11 Å². The number of methoxy groups -OCH3 is 1. The van der Waals surface area contributed by atoms with Gasteiger partial charge in [-0.15, -0.1) is 0 Å². The van der Waals surface area contributed by atoms with E-state index in [0.29, 0.717) is 10.8 Å². The number of aromatic amines is 1. The van der Waals surface area contributed by atoms with Crippen molar-refractivity contribution in [2.24, 2.45) is 0 Å². The highest BCUT2D eigenvalue weighted by Gasteiger charge is 2.11. The molecule has 3 nitrogen and oxygen atoms in total. The molecule has 0 unspecified atom stereocenters. The van der Waals surface area contributed by atoms with Crippen LogP contribution in [0.4, 0.5) is 0 Å². The van der Waals surface area contributed by atoms with Crippen LogP contribution in [0.3, 0.4) is 0 Å². The first kappa shape index (κ1) is 8.84. The number of hydrogen-bond acceptors (Lipinski definition) is 2. The summed E-state index contributed by atoms with van der Waals surface area (Å²) in [5.74, 6) is 0.635. The summed E-state index contributed by atoms with van der Waals surface area (Å²) in [5, 5.41) is 8.26. The van der Waals surface area contributed by atoms with E-state index in [2.05, 4.69) is 26.1 Å². The third-order valence-corrected chi connectivity index (χ3v) is 2.86. The number of H-pyrrole nitrogens is 1. The minimum absolute atomic E-state index is 0.561. The van der Waals surface area contributed by atoms with E-state index in [1.807, 2.05) is 0 Å². The highest BCUT2D eigenvalue weighted by molar-refractivity contribution is 9.10. The molecule has 0 radical (unpaired) electrons. The molecule has 0 amide bonds. The molecule has 2 rings (SSSR count). The Labute approximate surface area is 88.2 Å². The SMILES string of the molecule is COc1c(Cl)cc2[nH]ncc2c1Br. The Morgan fingerprint density at radius 2 is 2.38 bits per heavy atom. The minimum Gasteiger partial charge on any atom is -0.494 e. The standard InChI is InChI=1S/C8H6BrClN2O/c1-13-8-5(10)2-6-4(7(8)9)3-11-12-6/h2-3H,1H3,(H,11,12). The zero-order valence-electron chi connectivity index (χ0n) is 6.77. The van der Waals surface area contributed by atoms with E-state index in [-0.39, 0.29) is 0 Å². The molecule has 1 aromatic carbocycles. The molecule has 0 aliphatic carbocycles. The fourth-order valence-electron chi connectivity index (χ4n) is 1.19. The fraction of sp³-hybridized carbons (Fsp3) is 0.125. The van der Waals surface area contributed by atoms with Crippen molar-refractivity contribution in [3.8, 4) is 5.75 Å². The van der Waals surface area contributed by atoms with Crippen LogP contribution in [-0.2, 0) is 0 Å². The number of aromatic nitrogens is 2. The Kier molecular flexibility index (Phi) is 2.17. The lowest BCUT2D eigenvalue weighted by Crippen LogP contribution is -1.86. The molecule has 0 spiro atoms. The van der Waals surface area contributed by atoms with Crippen LogP contribution >= 0.6 is 27.5 Å². The summed E-state index contributed by atoms with van der Waals surface area (Å²) < 4.78 is 5.96. The third-order valence-electron chi connectivity index (χ3n) is 1.80. The normalized spacial score (nSPS) is 10.7. The van der Waals surface area contributed by atoms with Crippen molar-refractivity contribution in [3.63, 3.8) is 0 Å². The maximum Gasteiger partial charge on any atom is 0.152 e. The molecule has 1 aromatic heterocycles. The van der Waals surface area contributed by atoms with Gasteiger partial charge in [0, 0.05) is 5.39 Å². The average Bonchev–Trinajstić information content (AvgIpc) is 2.53. The van der Waals surface area contributed by atoms with Gasteiger partial charge in [-0.3, -0.25) is 5.10 Å². The van der Waals surface area contributed by atoms with Crippen LogP contribution in [0.1, 0.15) is 0 Å². The summed E-state index contributed by atoms with van der Waals surface area (Å²) in [6, 6.07) is 1.79. The molecule has 0 fully saturated rings. The average molecular weight is 262 g/mol. The summed E-state index contributed by atoms with van der Waals surface area (Å²) in [6.45, 7) is 0. The molecule has 2 aromatic rings. The highest BCUT2D eigenvalue weighted by atomic mass is 79.9. The van der Waals surface area contributed by atoms with E-state index in [4.69, 9.17) is 16.3 Å². The molecule has 0 atom stereocenters. The molecule has 13 heavy (non-hydrogen) atoms. The second-order valence-electron chi connectivity index (χ2n) is 2.54. The van der Waals surface area contributed by atoms with Gasteiger partial charge < -0.3 is 4.74 Å². The number of hydrogen-bond donors (Lipinski definition) is 1. The number of fused-ring (bicyclic) bond motifs is 1. The van der Waals surface area contributed by atoms with Crippen LogP contribution in [-0.4, -0.2) is 17.3 Å². The summed E-state index contributed by atoms with van der Waals surface area (Å²) >= 11 is 9.37. The molecular formula is C8H6BrClN2O.